The number of nitrogens with one attached hydrogen (secondary N) is 1. The van der Waals surface area contributed by atoms with Crippen LogP contribution < -0.4 is 10.1 Å². The van der Waals surface area contributed by atoms with Crippen LogP contribution in [0.15, 0.2) is 12.1 Å². The van der Waals surface area contributed by atoms with Crippen molar-refractivity contribution >= 4 is 34.8 Å². The minimum atomic E-state index is 0.276. The molecule has 0 heterocycles. The molecule has 0 aliphatic rings. The highest BCUT2D eigenvalue weighted by atomic mass is 35.5. The molecular formula is C14H20Cl3NO. The van der Waals surface area contributed by atoms with Crippen LogP contribution in [0.3, 0.4) is 0 Å². The third kappa shape index (κ3) is 5.03. The zero-order chi connectivity index (χ0) is 14.4. The molecule has 0 bridgehead atoms. The number of hydrogen-bond donors (Lipinski definition) is 1. The summed E-state index contributed by atoms with van der Waals surface area (Å²) in [7, 11) is 0. The van der Waals surface area contributed by atoms with Gasteiger partial charge in [0.2, 0.25) is 0 Å². The van der Waals surface area contributed by atoms with Gasteiger partial charge in [0.15, 0.2) is 5.75 Å². The molecule has 0 spiro atoms. The molecule has 1 aromatic carbocycles. The van der Waals surface area contributed by atoms with Crippen molar-refractivity contribution in [3.63, 3.8) is 0 Å². The summed E-state index contributed by atoms with van der Waals surface area (Å²) in [5, 5.41) is 4.81. The summed E-state index contributed by atoms with van der Waals surface area (Å²) in [6, 6.07) is 3.55. The van der Waals surface area contributed by atoms with Gasteiger partial charge in [-0.2, -0.15) is 0 Å². The van der Waals surface area contributed by atoms with E-state index in [1.54, 1.807) is 12.1 Å². The summed E-state index contributed by atoms with van der Waals surface area (Å²) >= 11 is 18.1. The van der Waals surface area contributed by atoms with E-state index >= 15 is 0 Å². The van der Waals surface area contributed by atoms with Gasteiger partial charge in [-0.05, 0) is 24.6 Å². The Kier molecular flexibility index (Phi) is 7.30. The van der Waals surface area contributed by atoms with Gasteiger partial charge < -0.3 is 10.1 Å². The van der Waals surface area contributed by atoms with E-state index in [2.05, 4.69) is 26.1 Å². The highest BCUT2D eigenvalue weighted by molar-refractivity contribution is 6.40. The summed E-state index contributed by atoms with van der Waals surface area (Å²) in [4.78, 5) is 0. The SMILES string of the molecule is CCNC(COc1c(Cl)cc(Cl)cc1Cl)C(C)CC. The van der Waals surface area contributed by atoms with Crippen LogP contribution >= 0.6 is 34.8 Å². The third-order valence-corrected chi connectivity index (χ3v) is 3.95. The van der Waals surface area contributed by atoms with Crippen LogP contribution in [0.25, 0.3) is 0 Å². The predicted molar refractivity (Wildman–Crippen MR) is 83.9 cm³/mol. The van der Waals surface area contributed by atoms with Gasteiger partial charge in [0, 0.05) is 11.1 Å². The zero-order valence-corrected chi connectivity index (χ0v) is 13.7. The first-order valence-corrected chi connectivity index (χ1v) is 7.63. The Labute approximate surface area is 130 Å². The first kappa shape index (κ1) is 16.9. The van der Waals surface area contributed by atoms with Gasteiger partial charge in [-0.25, -0.2) is 0 Å². The van der Waals surface area contributed by atoms with Gasteiger partial charge in [-0.3, -0.25) is 0 Å². The molecule has 2 nitrogen and oxygen atoms in total. The van der Waals surface area contributed by atoms with E-state index in [0.29, 0.717) is 33.3 Å². The Hall–Kier alpha value is -0.150. The van der Waals surface area contributed by atoms with E-state index in [-0.39, 0.29) is 6.04 Å². The number of hydrogen-bond acceptors (Lipinski definition) is 2. The van der Waals surface area contributed by atoms with Crippen molar-refractivity contribution in [1.82, 2.24) is 5.32 Å². The summed E-state index contributed by atoms with van der Waals surface area (Å²) in [5.74, 6) is 1.02. The number of likely N-dealkylation sites (N-methyl/N-ethyl adjacent to an activating group) is 1. The van der Waals surface area contributed by atoms with E-state index < -0.39 is 0 Å². The smallest absolute Gasteiger partial charge is 0.156 e. The quantitative estimate of drug-likeness (QED) is 0.758. The molecule has 108 valence electrons. The van der Waals surface area contributed by atoms with Crippen molar-refractivity contribution in [3.05, 3.63) is 27.2 Å². The molecule has 0 aliphatic carbocycles. The zero-order valence-electron chi connectivity index (χ0n) is 11.5. The molecule has 0 fully saturated rings. The fraction of sp³-hybridized carbons (Fsp3) is 0.571. The van der Waals surface area contributed by atoms with Crippen LogP contribution in [0, 0.1) is 5.92 Å². The topological polar surface area (TPSA) is 21.3 Å². The van der Waals surface area contributed by atoms with E-state index in [4.69, 9.17) is 39.5 Å². The molecule has 0 aromatic heterocycles. The van der Waals surface area contributed by atoms with Gasteiger partial charge >= 0.3 is 0 Å². The molecule has 2 unspecified atom stereocenters. The first-order valence-electron chi connectivity index (χ1n) is 6.50. The van der Waals surface area contributed by atoms with Crippen molar-refractivity contribution in [2.24, 2.45) is 5.92 Å². The number of rotatable bonds is 7. The minimum Gasteiger partial charge on any atom is -0.489 e. The maximum absolute atomic E-state index is 6.09. The molecule has 1 aromatic rings. The fourth-order valence-corrected chi connectivity index (χ4v) is 2.74. The second-order valence-corrected chi connectivity index (χ2v) is 5.81. The number of halogens is 3. The number of ether oxygens (including phenoxy) is 1. The van der Waals surface area contributed by atoms with E-state index in [9.17, 15) is 0 Å². The van der Waals surface area contributed by atoms with Gasteiger partial charge in [0.05, 0.1) is 10.0 Å². The normalized spacial score (nSPS) is 14.2. The molecule has 0 radical (unpaired) electrons. The molecule has 1 N–H and O–H groups in total. The third-order valence-electron chi connectivity index (χ3n) is 3.17. The van der Waals surface area contributed by atoms with E-state index in [0.717, 1.165) is 13.0 Å². The van der Waals surface area contributed by atoms with Crippen molar-refractivity contribution in [3.8, 4) is 5.75 Å². The average molecular weight is 325 g/mol. The Balaban J connectivity index is 2.74. The van der Waals surface area contributed by atoms with Crippen molar-refractivity contribution < 1.29 is 4.74 Å². The van der Waals surface area contributed by atoms with Crippen molar-refractivity contribution in [1.29, 1.82) is 0 Å². The van der Waals surface area contributed by atoms with Gasteiger partial charge in [0.1, 0.15) is 6.61 Å². The summed E-state index contributed by atoms with van der Waals surface area (Å²) < 4.78 is 5.78. The van der Waals surface area contributed by atoms with Crippen LogP contribution in [0.2, 0.25) is 15.1 Å². The van der Waals surface area contributed by atoms with Crippen molar-refractivity contribution in [2.45, 2.75) is 33.2 Å². The lowest BCUT2D eigenvalue weighted by Crippen LogP contribution is -2.39. The highest BCUT2D eigenvalue weighted by Gasteiger charge is 2.17. The van der Waals surface area contributed by atoms with Crippen LogP contribution in [0.4, 0.5) is 0 Å². The predicted octanol–water partition coefficient (Wildman–Crippen LogP) is 5.05. The standard InChI is InChI=1S/C14H20Cl3NO/c1-4-9(3)13(18-5-2)8-19-14-11(16)6-10(15)7-12(14)17/h6-7,9,13,18H,4-5,8H2,1-3H3. The largest absolute Gasteiger partial charge is 0.489 e. The lowest BCUT2D eigenvalue weighted by atomic mass is 10.00. The van der Waals surface area contributed by atoms with E-state index in [1.165, 1.54) is 0 Å². The maximum Gasteiger partial charge on any atom is 0.156 e. The monoisotopic (exact) mass is 323 g/mol. The fourth-order valence-electron chi connectivity index (χ4n) is 1.81. The molecule has 19 heavy (non-hydrogen) atoms. The van der Waals surface area contributed by atoms with Gasteiger partial charge in [-0.1, -0.05) is 62.0 Å². The lowest BCUT2D eigenvalue weighted by Gasteiger charge is -2.24. The summed E-state index contributed by atoms with van der Waals surface area (Å²) in [6.45, 7) is 7.88. The Morgan fingerprint density at radius 1 is 1.16 bits per heavy atom. The molecule has 0 aliphatic heterocycles. The molecule has 5 heteroatoms. The maximum atomic E-state index is 6.09. The second kappa shape index (κ2) is 8.21. The highest BCUT2D eigenvalue weighted by Crippen LogP contribution is 2.36. The Bertz CT molecular complexity index is 389. The van der Waals surface area contributed by atoms with Gasteiger partial charge in [-0.15, -0.1) is 0 Å². The molecule has 2 atom stereocenters. The van der Waals surface area contributed by atoms with Crippen LogP contribution in [-0.4, -0.2) is 19.2 Å². The Morgan fingerprint density at radius 3 is 2.21 bits per heavy atom. The van der Waals surface area contributed by atoms with E-state index in [1.807, 2.05) is 0 Å². The molecule has 0 amide bonds. The van der Waals surface area contributed by atoms with Crippen LogP contribution in [-0.2, 0) is 0 Å². The summed E-state index contributed by atoms with van der Waals surface area (Å²) in [6.07, 6.45) is 1.09. The molecule has 1 rings (SSSR count). The lowest BCUT2D eigenvalue weighted by molar-refractivity contribution is 0.222. The Morgan fingerprint density at radius 2 is 1.74 bits per heavy atom. The average Bonchev–Trinajstić information content (AvgIpc) is 2.35. The van der Waals surface area contributed by atoms with Gasteiger partial charge in [0.25, 0.3) is 0 Å². The second-order valence-electron chi connectivity index (χ2n) is 4.56. The molecule has 0 saturated heterocycles. The molecule has 0 saturated carbocycles. The summed E-state index contributed by atoms with van der Waals surface area (Å²) in [5.41, 5.74) is 0. The van der Waals surface area contributed by atoms with Crippen molar-refractivity contribution in [2.75, 3.05) is 13.2 Å². The first-order chi connectivity index (χ1) is 8.99. The van der Waals surface area contributed by atoms with Crippen LogP contribution in [0.1, 0.15) is 27.2 Å². The molecular weight excluding hydrogens is 305 g/mol. The van der Waals surface area contributed by atoms with Crippen LogP contribution in [0.5, 0.6) is 5.75 Å². The number of benzene rings is 1. The minimum absolute atomic E-state index is 0.276.